The lowest BCUT2D eigenvalue weighted by Gasteiger charge is -2.07. The van der Waals surface area contributed by atoms with Gasteiger partial charge in [0.1, 0.15) is 5.75 Å². The van der Waals surface area contributed by atoms with Gasteiger partial charge in [0.15, 0.2) is 0 Å². The number of ether oxygens (including phenoxy) is 1. The third kappa shape index (κ3) is 1.86. The molecule has 0 aliphatic carbocycles. The van der Waals surface area contributed by atoms with Crippen molar-refractivity contribution in [2.75, 3.05) is 7.11 Å². The van der Waals surface area contributed by atoms with Gasteiger partial charge in [-0.25, -0.2) is 4.68 Å². The zero-order valence-corrected chi connectivity index (χ0v) is 9.19. The highest BCUT2D eigenvalue weighted by Crippen LogP contribution is 2.20. The fourth-order valence-corrected chi connectivity index (χ4v) is 1.56. The Hall–Kier alpha value is -1.77. The van der Waals surface area contributed by atoms with Gasteiger partial charge in [-0.3, -0.25) is 0 Å². The van der Waals surface area contributed by atoms with Crippen LogP contribution in [-0.2, 0) is 0 Å². The summed E-state index contributed by atoms with van der Waals surface area (Å²) in [6, 6.07) is 8.00. The maximum absolute atomic E-state index is 5.21. The highest BCUT2D eigenvalue weighted by molar-refractivity contribution is 5.43. The van der Waals surface area contributed by atoms with Crippen molar-refractivity contribution in [1.29, 1.82) is 0 Å². The van der Waals surface area contributed by atoms with Crippen LogP contribution in [-0.4, -0.2) is 16.9 Å². The molecule has 0 aliphatic heterocycles. The number of rotatable bonds is 2. The molecular weight excluding hydrogens is 188 g/mol. The molecule has 2 rings (SSSR count). The van der Waals surface area contributed by atoms with E-state index in [2.05, 4.69) is 11.2 Å². The van der Waals surface area contributed by atoms with Crippen molar-refractivity contribution >= 4 is 0 Å². The molecule has 1 aromatic carbocycles. The van der Waals surface area contributed by atoms with Crippen molar-refractivity contribution in [3.05, 3.63) is 41.7 Å². The fourth-order valence-electron chi connectivity index (χ4n) is 1.56. The third-order valence-corrected chi connectivity index (χ3v) is 2.37. The van der Waals surface area contributed by atoms with Crippen molar-refractivity contribution in [2.24, 2.45) is 0 Å². The number of nitrogens with zero attached hydrogens (tertiary/aromatic N) is 2. The number of hydrogen-bond donors (Lipinski definition) is 0. The van der Waals surface area contributed by atoms with Gasteiger partial charge >= 0.3 is 0 Å². The Labute approximate surface area is 89.3 Å². The van der Waals surface area contributed by atoms with Gasteiger partial charge in [0.2, 0.25) is 0 Å². The molecule has 3 nitrogen and oxygen atoms in total. The maximum atomic E-state index is 5.21. The summed E-state index contributed by atoms with van der Waals surface area (Å²) in [5.74, 6) is 0.905. The van der Waals surface area contributed by atoms with Crippen LogP contribution in [0.5, 0.6) is 5.75 Å². The number of methoxy groups -OCH3 is 1. The molecule has 0 saturated carbocycles. The van der Waals surface area contributed by atoms with Crippen LogP contribution in [0.1, 0.15) is 11.3 Å². The van der Waals surface area contributed by atoms with Gasteiger partial charge in [0, 0.05) is 6.20 Å². The van der Waals surface area contributed by atoms with Crippen LogP contribution in [0.2, 0.25) is 0 Å². The van der Waals surface area contributed by atoms with Crippen LogP contribution >= 0.6 is 0 Å². The lowest BCUT2D eigenvalue weighted by Crippen LogP contribution is -1.96. The zero-order valence-electron chi connectivity index (χ0n) is 9.19. The van der Waals surface area contributed by atoms with Crippen molar-refractivity contribution in [3.8, 4) is 11.4 Å². The van der Waals surface area contributed by atoms with Crippen molar-refractivity contribution < 1.29 is 4.74 Å². The van der Waals surface area contributed by atoms with Gasteiger partial charge in [-0.15, -0.1) is 0 Å². The van der Waals surface area contributed by atoms with Crippen LogP contribution in [0.4, 0.5) is 0 Å². The van der Waals surface area contributed by atoms with E-state index in [1.54, 1.807) is 7.11 Å². The summed E-state index contributed by atoms with van der Waals surface area (Å²) < 4.78 is 7.07. The molecule has 0 spiro atoms. The van der Waals surface area contributed by atoms with Crippen LogP contribution in [0.25, 0.3) is 5.69 Å². The van der Waals surface area contributed by atoms with Crippen LogP contribution < -0.4 is 4.74 Å². The molecular formula is C12H14N2O. The monoisotopic (exact) mass is 202 g/mol. The van der Waals surface area contributed by atoms with Gasteiger partial charge in [-0.1, -0.05) is 0 Å². The summed E-state index contributed by atoms with van der Waals surface area (Å²) in [7, 11) is 1.68. The highest BCUT2D eigenvalue weighted by Gasteiger charge is 2.02. The summed E-state index contributed by atoms with van der Waals surface area (Å²) in [4.78, 5) is 0. The molecule has 15 heavy (non-hydrogen) atoms. The van der Waals surface area contributed by atoms with Crippen LogP contribution in [0, 0.1) is 13.8 Å². The van der Waals surface area contributed by atoms with E-state index in [1.807, 2.05) is 42.9 Å². The van der Waals surface area contributed by atoms with Gasteiger partial charge < -0.3 is 4.74 Å². The van der Waals surface area contributed by atoms with Gasteiger partial charge in [0.05, 0.1) is 18.5 Å². The minimum absolute atomic E-state index is 0.905. The van der Waals surface area contributed by atoms with Gasteiger partial charge in [-0.2, -0.15) is 5.10 Å². The Morgan fingerprint density at radius 2 is 2.00 bits per heavy atom. The second kappa shape index (κ2) is 3.77. The van der Waals surface area contributed by atoms with E-state index < -0.39 is 0 Å². The molecule has 0 saturated heterocycles. The molecule has 0 unspecified atom stereocenters. The predicted octanol–water partition coefficient (Wildman–Crippen LogP) is 2.50. The van der Waals surface area contributed by atoms with E-state index >= 15 is 0 Å². The topological polar surface area (TPSA) is 27.1 Å². The minimum Gasteiger partial charge on any atom is -0.496 e. The Morgan fingerprint density at radius 3 is 2.53 bits per heavy atom. The summed E-state index contributed by atoms with van der Waals surface area (Å²) in [6.45, 7) is 4.01. The fraction of sp³-hybridized carbons (Fsp3) is 0.250. The smallest absolute Gasteiger partial charge is 0.121 e. The van der Waals surface area contributed by atoms with Gasteiger partial charge in [-0.05, 0) is 43.7 Å². The second-order valence-corrected chi connectivity index (χ2v) is 3.56. The number of aromatic nitrogens is 2. The first-order valence-corrected chi connectivity index (χ1v) is 4.88. The molecule has 0 bridgehead atoms. The number of benzene rings is 1. The predicted molar refractivity (Wildman–Crippen MR) is 59.6 cm³/mol. The normalized spacial score (nSPS) is 10.3. The first-order valence-electron chi connectivity index (χ1n) is 4.88. The Kier molecular flexibility index (Phi) is 2.46. The van der Waals surface area contributed by atoms with E-state index in [-0.39, 0.29) is 0 Å². The summed E-state index contributed by atoms with van der Waals surface area (Å²) in [6.07, 6.45) is 1.95. The minimum atomic E-state index is 0.905. The van der Waals surface area contributed by atoms with E-state index in [0.29, 0.717) is 0 Å². The molecule has 0 fully saturated rings. The third-order valence-electron chi connectivity index (χ3n) is 2.37. The molecule has 1 aromatic heterocycles. The SMILES string of the molecule is COc1ccc(-n2ccc(C)n2)cc1C. The Balaban J connectivity index is 2.42. The van der Waals surface area contributed by atoms with Crippen molar-refractivity contribution in [3.63, 3.8) is 0 Å². The zero-order chi connectivity index (χ0) is 10.8. The van der Waals surface area contributed by atoms with Crippen molar-refractivity contribution in [2.45, 2.75) is 13.8 Å². The van der Waals surface area contributed by atoms with Gasteiger partial charge in [0.25, 0.3) is 0 Å². The summed E-state index contributed by atoms with van der Waals surface area (Å²) in [5.41, 5.74) is 3.19. The molecule has 78 valence electrons. The molecule has 2 aromatic rings. The molecule has 0 N–H and O–H groups in total. The standard InChI is InChI=1S/C12H14N2O/c1-9-8-11(4-5-12(9)15-3)14-7-6-10(2)13-14/h4-8H,1-3H3. The van der Waals surface area contributed by atoms with Crippen LogP contribution in [0.3, 0.4) is 0 Å². The highest BCUT2D eigenvalue weighted by atomic mass is 16.5. The largest absolute Gasteiger partial charge is 0.496 e. The number of hydrogen-bond acceptors (Lipinski definition) is 2. The average molecular weight is 202 g/mol. The Bertz CT molecular complexity index is 474. The van der Waals surface area contributed by atoms with E-state index in [4.69, 9.17) is 4.74 Å². The van der Waals surface area contributed by atoms with E-state index in [9.17, 15) is 0 Å². The first kappa shape index (κ1) is 9.77. The summed E-state index contributed by atoms with van der Waals surface area (Å²) >= 11 is 0. The lowest BCUT2D eigenvalue weighted by atomic mass is 10.2. The average Bonchev–Trinajstić information content (AvgIpc) is 2.65. The number of aryl methyl sites for hydroxylation is 2. The first-order chi connectivity index (χ1) is 7.20. The molecule has 3 heteroatoms. The summed E-state index contributed by atoms with van der Waals surface area (Å²) in [5, 5.41) is 4.35. The molecule has 0 radical (unpaired) electrons. The molecule has 0 atom stereocenters. The quantitative estimate of drug-likeness (QED) is 0.748. The second-order valence-electron chi connectivity index (χ2n) is 3.56. The lowest BCUT2D eigenvalue weighted by molar-refractivity contribution is 0.411. The van der Waals surface area contributed by atoms with E-state index in [0.717, 1.165) is 22.7 Å². The van der Waals surface area contributed by atoms with Crippen molar-refractivity contribution in [1.82, 2.24) is 9.78 Å². The molecule has 0 amide bonds. The Morgan fingerprint density at radius 1 is 1.20 bits per heavy atom. The molecule has 1 heterocycles. The maximum Gasteiger partial charge on any atom is 0.121 e. The molecule has 0 aliphatic rings. The van der Waals surface area contributed by atoms with Crippen LogP contribution in [0.15, 0.2) is 30.5 Å². The van der Waals surface area contributed by atoms with E-state index in [1.165, 1.54) is 0 Å².